The second-order valence-electron chi connectivity index (χ2n) is 8.57. The zero-order valence-electron chi connectivity index (χ0n) is 18.3. The summed E-state index contributed by atoms with van der Waals surface area (Å²) >= 11 is 0. The van der Waals surface area contributed by atoms with Gasteiger partial charge < -0.3 is 20.7 Å². The predicted octanol–water partition coefficient (Wildman–Crippen LogP) is 1.97. The van der Waals surface area contributed by atoms with Gasteiger partial charge in [0.05, 0.1) is 24.4 Å². The van der Waals surface area contributed by atoms with E-state index in [0.717, 1.165) is 17.7 Å². The highest BCUT2D eigenvalue weighted by Gasteiger charge is 2.29. The summed E-state index contributed by atoms with van der Waals surface area (Å²) in [5, 5.41) is 11.5. The Morgan fingerprint density at radius 3 is 2.69 bits per heavy atom. The quantitative estimate of drug-likeness (QED) is 0.558. The van der Waals surface area contributed by atoms with Crippen molar-refractivity contribution in [3.05, 3.63) is 60.0 Å². The van der Waals surface area contributed by atoms with E-state index in [1.54, 1.807) is 23.1 Å². The second-order valence-corrected chi connectivity index (χ2v) is 8.57. The lowest BCUT2D eigenvalue weighted by Crippen LogP contribution is -2.50. The van der Waals surface area contributed by atoms with Gasteiger partial charge in [0.1, 0.15) is 6.04 Å². The molecule has 0 saturated carbocycles. The molecule has 168 valence electrons. The molecule has 0 aliphatic carbocycles. The number of hydrogen-bond donors (Lipinski definition) is 2. The number of ether oxygens (including phenoxy) is 1. The number of benzene rings is 1. The number of nitrogens with zero attached hydrogens (tertiary/aromatic N) is 4. The van der Waals surface area contributed by atoms with Gasteiger partial charge in [-0.25, -0.2) is 0 Å². The van der Waals surface area contributed by atoms with Crippen LogP contribution in [0.5, 0.6) is 0 Å². The average Bonchev–Trinajstić information content (AvgIpc) is 3.38. The van der Waals surface area contributed by atoms with Crippen LogP contribution in [0.15, 0.2) is 48.7 Å². The Morgan fingerprint density at radius 1 is 1.22 bits per heavy atom. The van der Waals surface area contributed by atoms with Crippen molar-refractivity contribution < 1.29 is 14.3 Å². The van der Waals surface area contributed by atoms with E-state index in [1.165, 1.54) is 0 Å². The Bertz CT molecular complexity index is 1110. The van der Waals surface area contributed by atoms with Crippen LogP contribution in [0.4, 0.5) is 5.69 Å². The molecular weight excluding hydrogens is 408 g/mol. The maximum absolute atomic E-state index is 12.7. The van der Waals surface area contributed by atoms with E-state index in [4.69, 9.17) is 10.5 Å². The smallest absolute Gasteiger partial charge is 0.240 e. The number of carbonyl (C=O) groups is 2. The Hall–Kier alpha value is -3.30. The fourth-order valence-corrected chi connectivity index (χ4v) is 3.61. The van der Waals surface area contributed by atoms with Crippen LogP contribution in [-0.2, 0) is 20.9 Å². The van der Waals surface area contributed by atoms with Gasteiger partial charge in [-0.05, 0) is 38.0 Å². The van der Waals surface area contributed by atoms with Gasteiger partial charge in [-0.2, -0.15) is 0 Å². The summed E-state index contributed by atoms with van der Waals surface area (Å²) in [6, 6.07) is 12.9. The highest BCUT2D eigenvalue weighted by molar-refractivity contribution is 5.95. The van der Waals surface area contributed by atoms with Crippen molar-refractivity contribution >= 4 is 23.1 Å². The fraction of sp³-hybridized carbons (Fsp3) is 0.391. The number of carbonyl (C=O) groups excluding carboxylic acids is 2. The van der Waals surface area contributed by atoms with Crippen molar-refractivity contribution in [2.24, 2.45) is 5.73 Å². The van der Waals surface area contributed by atoms with Gasteiger partial charge >= 0.3 is 0 Å². The van der Waals surface area contributed by atoms with Crippen LogP contribution in [-0.4, -0.2) is 45.1 Å². The topological polar surface area (TPSA) is 115 Å². The number of fused-ring (bicyclic) bond motifs is 1. The largest absolute Gasteiger partial charge is 0.374 e. The molecule has 1 saturated heterocycles. The third-order valence-corrected chi connectivity index (χ3v) is 5.40. The van der Waals surface area contributed by atoms with Crippen LogP contribution >= 0.6 is 0 Å². The number of nitrogens with two attached hydrogens (primary N) is 1. The number of aromatic nitrogens is 3. The number of rotatable bonds is 8. The molecule has 32 heavy (non-hydrogen) atoms. The first-order valence-electron chi connectivity index (χ1n) is 10.7. The third kappa shape index (κ3) is 4.79. The lowest BCUT2D eigenvalue weighted by atomic mass is 10.1. The number of amides is 2. The van der Waals surface area contributed by atoms with Crippen molar-refractivity contribution in [2.75, 3.05) is 18.1 Å². The highest BCUT2D eigenvalue weighted by atomic mass is 16.5. The second kappa shape index (κ2) is 9.05. The van der Waals surface area contributed by atoms with Crippen molar-refractivity contribution in [3.63, 3.8) is 0 Å². The lowest BCUT2D eigenvalue weighted by Gasteiger charge is -2.24. The van der Waals surface area contributed by atoms with Crippen molar-refractivity contribution in [3.8, 4) is 0 Å². The molecule has 9 nitrogen and oxygen atoms in total. The Morgan fingerprint density at radius 2 is 2.00 bits per heavy atom. The molecule has 0 unspecified atom stereocenters. The zero-order chi connectivity index (χ0) is 22.7. The Kier molecular flexibility index (Phi) is 6.20. The standard InChI is InChI=1S/C23H28N6O3/c1-23(2,24)22(31)25-18(15-32-14-16-7-4-3-5-8-16)21-27-26-19-11-10-17(13-29(19)21)28-12-6-9-20(28)30/h3-5,7-8,10-11,13,18H,6,9,12,14-15,24H2,1-2H3,(H,25,31)/t18-/m1/s1. The molecule has 3 heterocycles. The number of pyridine rings is 1. The first-order valence-corrected chi connectivity index (χ1v) is 10.7. The highest BCUT2D eigenvalue weighted by Crippen LogP contribution is 2.24. The summed E-state index contributed by atoms with van der Waals surface area (Å²) in [6.45, 7) is 4.55. The van der Waals surface area contributed by atoms with Crippen molar-refractivity contribution in [1.29, 1.82) is 0 Å². The Labute approximate surface area is 186 Å². The molecule has 1 aliphatic heterocycles. The van der Waals surface area contributed by atoms with Gasteiger partial charge in [0.15, 0.2) is 11.5 Å². The fourth-order valence-electron chi connectivity index (χ4n) is 3.61. The van der Waals surface area contributed by atoms with Gasteiger partial charge in [0, 0.05) is 19.2 Å². The minimum Gasteiger partial charge on any atom is -0.374 e. The minimum absolute atomic E-state index is 0.0971. The molecule has 4 rings (SSSR count). The number of anilines is 1. The molecule has 9 heteroatoms. The molecule has 0 bridgehead atoms. The monoisotopic (exact) mass is 436 g/mol. The Balaban J connectivity index is 1.61. The van der Waals surface area contributed by atoms with E-state index < -0.39 is 11.6 Å². The molecule has 2 amide bonds. The van der Waals surface area contributed by atoms with E-state index in [0.29, 0.717) is 31.0 Å². The van der Waals surface area contributed by atoms with E-state index in [-0.39, 0.29) is 18.4 Å². The molecule has 0 spiro atoms. The summed E-state index contributed by atoms with van der Waals surface area (Å²) in [6.07, 6.45) is 3.21. The maximum atomic E-state index is 12.7. The third-order valence-electron chi connectivity index (χ3n) is 5.40. The van der Waals surface area contributed by atoms with Crippen LogP contribution in [0, 0.1) is 0 Å². The van der Waals surface area contributed by atoms with Gasteiger partial charge in [0.25, 0.3) is 0 Å². The summed E-state index contributed by atoms with van der Waals surface area (Å²) in [5.41, 5.74) is 7.35. The number of nitrogens with one attached hydrogen (secondary N) is 1. The predicted molar refractivity (Wildman–Crippen MR) is 120 cm³/mol. The van der Waals surface area contributed by atoms with Crippen LogP contribution < -0.4 is 16.0 Å². The minimum atomic E-state index is -1.06. The SMILES string of the molecule is CC(C)(N)C(=O)N[C@H](COCc1ccccc1)c1nnc2ccc(N3CCCC3=O)cn12. The molecule has 1 aliphatic rings. The molecule has 1 atom stereocenters. The van der Waals surface area contributed by atoms with Crippen molar-refractivity contribution in [2.45, 2.75) is 44.9 Å². The summed E-state index contributed by atoms with van der Waals surface area (Å²) < 4.78 is 7.71. The van der Waals surface area contributed by atoms with Gasteiger partial charge in [-0.3, -0.25) is 14.0 Å². The maximum Gasteiger partial charge on any atom is 0.240 e. The first-order chi connectivity index (χ1) is 15.3. The van der Waals surface area contributed by atoms with Gasteiger partial charge in [-0.1, -0.05) is 30.3 Å². The zero-order valence-corrected chi connectivity index (χ0v) is 18.3. The van der Waals surface area contributed by atoms with Crippen LogP contribution in [0.25, 0.3) is 5.65 Å². The summed E-state index contributed by atoms with van der Waals surface area (Å²) in [5.74, 6) is 0.285. The average molecular weight is 437 g/mol. The number of hydrogen-bond acceptors (Lipinski definition) is 6. The molecule has 2 aromatic heterocycles. The summed E-state index contributed by atoms with van der Waals surface area (Å²) in [4.78, 5) is 26.6. The summed E-state index contributed by atoms with van der Waals surface area (Å²) in [7, 11) is 0. The molecule has 1 aromatic carbocycles. The molecule has 3 N–H and O–H groups in total. The van der Waals surface area contributed by atoms with E-state index >= 15 is 0 Å². The van der Waals surface area contributed by atoms with E-state index in [2.05, 4.69) is 15.5 Å². The molecular formula is C23H28N6O3. The lowest BCUT2D eigenvalue weighted by molar-refractivity contribution is -0.126. The first kappa shape index (κ1) is 21.9. The molecule has 0 radical (unpaired) electrons. The van der Waals surface area contributed by atoms with Crippen LogP contribution in [0.2, 0.25) is 0 Å². The van der Waals surface area contributed by atoms with E-state index in [1.807, 2.05) is 48.7 Å². The van der Waals surface area contributed by atoms with Crippen LogP contribution in [0.1, 0.15) is 44.1 Å². The van der Waals surface area contributed by atoms with Crippen LogP contribution in [0.3, 0.4) is 0 Å². The van der Waals surface area contributed by atoms with E-state index in [9.17, 15) is 9.59 Å². The normalized spacial score (nSPS) is 15.3. The van der Waals surface area contributed by atoms with Gasteiger partial charge in [-0.15, -0.1) is 10.2 Å². The van der Waals surface area contributed by atoms with Crippen molar-refractivity contribution in [1.82, 2.24) is 19.9 Å². The molecule has 1 fully saturated rings. The molecule has 3 aromatic rings. The van der Waals surface area contributed by atoms with Gasteiger partial charge in [0.2, 0.25) is 11.8 Å².